The van der Waals surface area contributed by atoms with Crippen molar-refractivity contribution >= 4 is 27.5 Å². The number of hydrogen-bond donors (Lipinski definition) is 1. The van der Waals surface area contributed by atoms with Gasteiger partial charge in [0.15, 0.2) is 6.10 Å². The third kappa shape index (κ3) is 4.51. The molecule has 1 saturated heterocycles. The molecule has 1 unspecified atom stereocenters. The summed E-state index contributed by atoms with van der Waals surface area (Å²) in [5.41, 5.74) is 0.575. The SMILES string of the molecule is O=C(Nc1ccc(Oc2cccc(Br)c2)nc1)C1COCCO1. The Kier molecular flexibility index (Phi) is 5.22. The predicted octanol–water partition coefficient (Wildman–Crippen LogP) is 2.99. The van der Waals surface area contributed by atoms with Gasteiger partial charge in [-0.25, -0.2) is 4.98 Å². The first-order valence-corrected chi connectivity index (χ1v) is 7.90. The van der Waals surface area contributed by atoms with Crippen molar-refractivity contribution in [1.29, 1.82) is 0 Å². The molecule has 1 aliphatic heterocycles. The molecule has 0 bridgehead atoms. The molecule has 1 amide bonds. The highest BCUT2D eigenvalue weighted by atomic mass is 79.9. The molecular weight excluding hydrogens is 364 g/mol. The first kappa shape index (κ1) is 15.9. The quantitative estimate of drug-likeness (QED) is 0.885. The monoisotopic (exact) mass is 378 g/mol. The number of benzene rings is 1. The van der Waals surface area contributed by atoms with Gasteiger partial charge in [0.25, 0.3) is 5.91 Å². The maximum Gasteiger partial charge on any atom is 0.255 e. The van der Waals surface area contributed by atoms with Crippen LogP contribution in [0.3, 0.4) is 0 Å². The highest BCUT2D eigenvalue weighted by Crippen LogP contribution is 2.23. The van der Waals surface area contributed by atoms with Crippen LogP contribution in [-0.2, 0) is 14.3 Å². The van der Waals surface area contributed by atoms with Crippen LogP contribution in [-0.4, -0.2) is 36.8 Å². The molecule has 1 N–H and O–H groups in total. The summed E-state index contributed by atoms with van der Waals surface area (Å²) in [7, 11) is 0. The van der Waals surface area contributed by atoms with E-state index < -0.39 is 6.10 Å². The molecule has 120 valence electrons. The molecule has 7 heteroatoms. The van der Waals surface area contributed by atoms with E-state index in [2.05, 4.69) is 26.2 Å². The molecule has 6 nitrogen and oxygen atoms in total. The average molecular weight is 379 g/mol. The van der Waals surface area contributed by atoms with Gasteiger partial charge in [0.1, 0.15) is 5.75 Å². The summed E-state index contributed by atoms with van der Waals surface area (Å²) < 4.78 is 17.1. The van der Waals surface area contributed by atoms with Gasteiger partial charge in [0.05, 0.1) is 31.7 Å². The van der Waals surface area contributed by atoms with E-state index in [0.29, 0.717) is 30.5 Å². The standard InChI is InChI=1S/C16H15BrN2O4/c17-11-2-1-3-13(8-11)23-15-5-4-12(9-18-15)19-16(20)14-10-21-6-7-22-14/h1-5,8-9,14H,6-7,10H2,(H,19,20). The van der Waals surface area contributed by atoms with E-state index in [1.165, 1.54) is 6.20 Å². The maximum absolute atomic E-state index is 12.0. The van der Waals surface area contributed by atoms with Gasteiger partial charge < -0.3 is 19.5 Å². The second kappa shape index (κ2) is 7.54. The van der Waals surface area contributed by atoms with Crippen LogP contribution in [0.4, 0.5) is 5.69 Å². The van der Waals surface area contributed by atoms with Gasteiger partial charge in [0, 0.05) is 10.5 Å². The molecule has 2 heterocycles. The number of hydrogen-bond acceptors (Lipinski definition) is 5. The number of ether oxygens (including phenoxy) is 3. The van der Waals surface area contributed by atoms with Crippen LogP contribution in [0.1, 0.15) is 0 Å². The molecule has 0 spiro atoms. The van der Waals surface area contributed by atoms with E-state index in [0.717, 1.165) is 4.47 Å². The van der Waals surface area contributed by atoms with Gasteiger partial charge >= 0.3 is 0 Å². The van der Waals surface area contributed by atoms with Crippen LogP contribution in [0, 0.1) is 0 Å². The highest BCUT2D eigenvalue weighted by Gasteiger charge is 2.22. The van der Waals surface area contributed by atoms with Crippen molar-refractivity contribution in [3.8, 4) is 11.6 Å². The molecular formula is C16H15BrN2O4. The summed E-state index contributed by atoms with van der Waals surface area (Å²) in [6, 6.07) is 10.9. The second-order valence-corrected chi connectivity index (χ2v) is 5.78. The fraction of sp³-hybridized carbons (Fsp3) is 0.250. The van der Waals surface area contributed by atoms with Gasteiger partial charge in [-0.05, 0) is 24.3 Å². The average Bonchev–Trinajstić information content (AvgIpc) is 2.57. The molecule has 3 rings (SSSR count). The zero-order valence-electron chi connectivity index (χ0n) is 12.2. The second-order valence-electron chi connectivity index (χ2n) is 4.87. The molecule has 23 heavy (non-hydrogen) atoms. The zero-order valence-corrected chi connectivity index (χ0v) is 13.8. The summed E-state index contributed by atoms with van der Waals surface area (Å²) in [6.07, 6.45) is 0.955. The Labute approximate surface area is 141 Å². The van der Waals surface area contributed by atoms with Crippen LogP contribution in [0.25, 0.3) is 0 Å². The van der Waals surface area contributed by atoms with Crippen molar-refractivity contribution in [2.45, 2.75) is 6.10 Å². The number of rotatable bonds is 4. The molecule has 1 fully saturated rings. The van der Waals surface area contributed by atoms with Crippen molar-refractivity contribution in [1.82, 2.24) is 4.98 Å². The third-order valence-corrected chi connectivity index (χ3v) is 3.62. The number of nitrogens with zero attached hydrogens (tertiary/aromatic N) is 1. The van der Waals surface area contributed by atoms with Crippen molar-refractivity contribution in [2.75, 3.05) is 25.1 Å². The van der Waals surface area contributed by atoms with Crippen LogP contribution in [0.2, 0.25) is 0 Å². The highest BCUT2D eigenvalue weighted by molar-refractivity contribution is 9.10. The van der Waals surface area contributed by atoms with E-state index in [-0.39, 0.29) is 12.5 Å². The minimum atomic E-state index is -0.582. The molecule has 2 aromatic rings. The number of aromatic nitrogens is 1. The number of nitrogens with one attached hydrogen (secondary N) is 1. The summed E-state index contributed by atoms with van der Waals surface area (Å²) in [5, 5.41) is 2.74. The van der Waals surface area contributed by atoms with Crippen molar-refractivity contribution < 1.29 is 19.0 Å². The zero-order chi connectivity index (χ0) is 16.1. The molecule has 0 saturated carbocycles. The summed E-state index contributed by atoms with van der Waals surface area (Å²) >= 11 is 3.38. The number of pyridine rings is 1. The molecule has 1 aromatic carbocycles. The van der Waals surface area contributed by atoms with Crippen LogP contribution < -0.4 is 10.1 Å². The van der Waals surface area contributed by atoms with Gasteiger partial charge in [-0.3, -0.25) is 4.79 Å². The minimum Gasteiger partial charge on any atom is -0.439 e. The van der Waals surface area contributed by atoms with Gasteiger partial charge in [-0.2, -0.15) is 0 Å². The first-order chi connectivity index (χ1) is 11.2. The molecule has 1 aromatic heterocycles. The summed E-state index contributed by atoms with van der Waals surface area (Å²) in [5.74, 6) is 0.877. The topological polar surface area (TPSA) is 69.7 Å². The van der Waals surface area contributed by atoms with Crippen LogP contribution in [0.15, 0.2) is 47.1 Å². The van der Waals surface area contributed by atoms with Gasteiger partial charge in [-0.1, -0.05) is 22.0 Å². The van der Waals surface area contributed by atoms with E-state index >= 15 is 0 Å². The van der Waals surface area contributed by atoms with Crippen molar-refractivity contribution in [2.24, 2.45) is 0 Å². The van der Waals surface area contributed by atoms with Gasteiger partial charge in [-0.15, -0.1) is 0 Å². The number of anilines is 1. The third-order valence-electron chi connectivity index (χ3n) is 3.13. The van der Waals surface area contributed by atoms with Crippen molar-refractivity contribution in [3.05, 3.63) is 47.1 Å². The Balaban J connectivity index is 1.59. The number of carbonyl (C=O) groups excluding carboxylic acids is 1. The number of carbonyl (C=O) groups is 1. The lowest BCUT2D eigenvalue weighted by Crippen LogP contribution is -2.39. The smallest absolute Gasteiger partial charge is 0.255 e. The predicted molar refractivity (Wildman–Crippen MR) is 87.6 cm³/mol. The van der Waals surface area contributed by atoms with Gasteiger partial charge in [0.2, 0.25) is 5.88 Å². The summed E-state index contributed by atoms with van der Waals surface area (Å²) in [6.45, 7) is 1.21. The molecule has 1 aliphatic rings. The fourth-order valence-electron chi connectivity index (χ4n) is 2.03. The number of halogens is 1. The molecule has 1 atom stereocenters. The van der Waals surface area contributed by atoms with E-state index in [4.69, 9.17) is 14.2 Å². The normalized spacial score (nSPS) is 17.5. The Morgan fingerprint density at radius 2 is 2.22 bits per heavy atom. The van der Waals surface area contributed by atoms with Crippen LogP contribution in [0.5, 0.6) is 11.6 Å². The summed E-state index contributed by atoms with van der Waals surface area (Å²) in [4.78, 5) is 16.2. The maximum atomic E-state index is 12.0. The lowest BCUT2D eigenvalue weighted by atomic mass is 10.3. The molecule has 0 aliphatic carbocycles. The van der Waals surface area contributed by atoms with Crippen molar-refractivity contribution in [3.63, 3.8) is 0 Å². The van der Waals surface area contributed by atoms with E-state index in [9.17, 15) is 4.79 Å². The Morgan fingerprint density at radius 3 is 2.91 bits per heavy atom. The van der Waals surface area contributed by atoms with Crippen LogP contribution >= 0.6 is 15.9 Å². The molecule has 0 radical (unpaired) electrons. The first-order valence-electron chi connectivity index (χ1n) is 7.10. The Bertz CT molecular complexity index is 672. The lowest BCUT2D eigenvalue weighted by molar-refractivity contribution is -0.142. The Hall–Kier alpha value is -1.96. The van der Waals surface area contributed by atoms with E-state index in [1.807, 2.05) is 24.3 Å². The largest absolute Gasteiger partial charge is 0.439 e. The minimum absolute atomic E-state index is 0.243. The lowest BCUT2D eigenvalue weighted by Gasteiger charge is -2.21. The van der Waals surface area contributed by atoms with E-state index in [1.54, 1.807) is 12.1 Å². The fourth-order valence-corrected chi connectivity index (χ4v) is 2.41. The Morgan fingerprint density at radius 1 is 1.30 bits per heavy atom. The number of amides is 1.